The summed E-state index contributed by atoms with van der Waals surface area (Å²) in [6.45, 7) is 8.43. The fraction of sp³-hybridized carbons (Fsp3) is 0.765. The third kappa shape index (κ3) is 5.96. The number of methoxy groups -OCH3 is 1. The number of anilines is 1. The number of halogens is 2. The summed E-state index contributed by atoms with van der Waals surface area (Å²) in [5.74, 6) is -0.165. The van der Waals surface area contributed by atoms with Crippen molar-refractivity contribution in [2.75, 3.05) is 38.2 Å². The molecule has 1 aromatic heterocycles. The normalized spacial score (nSPS) is 26.1. The lowest BCUT2D eigenvalue weighted by Gasteiger charge is -2.38. The average molecular weight is 426 g/mol. The summed E-state index contributed by atoms with van der Waals surface area (Å²) in [6.07, 6.45) is 4.83. The van der Waals surface area contributed by atoms with Crippen LogP contribution >= 0.6 is 36.2 Å². The second-order valence-corrected chi connectivity index (χ2v) is 7.88. The number of nitrogens with zero attached hydrogens (tertiary/aromatic N) is 3. The number of hydrogen-bond donors (Lipinski definition) is 0. The molecule has 1 aromatic rings. The zero-order valence-electron chi connectivity index (χ0n) is 15.6. The largest absolute Gasteiger partial charge is 0.469 e. The van der Waals surface area contributed by atoms with Crippen molar-refractivity contribution in [1.29, 1.82) is 0 Å². The number of morpholine rings is 1. The van der Waals surface area contributed by atoms with E-state index in [-0.39, 0.29) is 30.8 Å². The van der Waals surface area contributed by atoms with Crippen LogP contribution in [0.5, 0.6) is 0 Å². The molecular formula is C17H29Cl2N3O3S. The predicted molar refractivity (Wildman–Crippen MR) is 109 cm³/mol. The van der Waals surface area contributed by atoms with Gasteiger partial charge in [-0.05, 0) is 26.7 Å². The van der Waals surface area contributed by atoms with Crippen LogP contribution in [0.3, 0.4) is 0 Å². The van der Waals surface area contributed by atoms with E-state index in [1.165, 1.54) is 13.5 Å². The molecule has 0 aromatic carbocycles. The first-order valence-electron chi connectivity index (χ1n) is 8.71. The van der Waals surface area contributed by atoms with Gasteiger partial charge in [-0.15, -0.1) is 36.2 Å². The van der Waals surface area contributed by atoms with Crippen molar-refractivity contribution in [3.05, 3.63) is 11.1 Å². The highest BCUT2D eigenvalue weighted by atomic mass is 35.5. The van der Waals surface area contributed by atoms with E-state index in [0.717, 1.165) is 36.2 Å². The van der Waals surface area contributed by atoms with Crippen molar-refractivity contribution < 1.29 is 14.3 Å². The lowest BCUT2D eigenvalue weighted by molar-refractivity contribution is -0.140. The van der Waals surface area contributed by atoms with Crippen LogP contribution < -0.4 is 4.90 Å². The molecule has 2 aliphatic rings. The number of carbonyl (C=O) groups excluding carboxylic acids is 1. The third-order valence-corrected chi connectivity index (χ3v) is 5.86. The van der Waals surface area contributed by atoms with E-state index in [9.17, 15) is 4.79 Å². The molecule has 0 saturated carbocycles. The Morgan fingerprint density at radius 2 is 2.00 bits per heavy atom. The smallest absolute Gasteiger partial charge is 0.305 e. The molecule has 0 N–H and O–H groups in total. The van der Waals surface area contributed by atoms with Gasteiger partial charge in [0.25, 0.3) is 0 Å². The SMILES string of the molecule is COC(=O)CCc1cnc(N2CC[C@H](N3C[C@@H](C)O[C@@H](C)C3)C2)s1.Cl.Cl. The van der Waals surface area contributed by atoms with Crippen molar-refractivity contribution in [2.24, 2.45) is 0 Å². The standard InChI is InChI=1S/C17H27N3O3S.2ClH/c1-12-9-20(10-13(2)23-12)14-6-7-19(11-14)17-18-8-15(24-17)4-5-16(21)22-3;;/h8,12-14H,4-7,9-11H2,1-3H3;2*1H/t12-,13+,14-;;/m0../s1. The summed E-state index contributed by atoms with van der Waals surface area (Å²) < 4.78 is 10.5. The molecule has 2 saturated heterocycles. The van der Waals surface area contributed by atoms with Gasteiger partial charge < -0.3 is 14.4 Å². The Morgan fingerprint density at radius 1 is 1.31 bits per heavy atom. The first kappa shape index (κ1) is 23.4. The topological polar surface area (TPSA) is 54.9 Å². The number of thiazole rings is 1. The van der Waals surface area contributed by atoms with Crippen LogP contribution in [0.1, 0.15) is 31.6 Å². The van der Waals surface area contributed by atoms with Crippen LogP contribution in [0.25, 0.3) is 0 Å². The Labute approximate surface area is 172 Å². The van der Waals surface area contributed by atoms with Crippen LogP contribution in [0.2, 0.25) is 0 Å². The van der Waals surface area contributed by atoms with Crippen LogP contribution in [0.4, 0.5) is 5.13 Å². The fourth-order valence-electron chi connectivity index (χ4n) is 3.62. The predicted octanol–water partition coefficient (Wildman–Crippen LogP) is 2.78. The van der Waals surface area contributed by atoms with Crippen LogP contribution in [-0.4, -0.2) is 67.4 Å². The number of carbonyl (C=O) groups is 1. The molecule has 26 heavy (non-hydrogen) atoms. The number of esters is 1. The fourth-order valence-corrected chi connectivity index (χ4v) is 4.56. The second-order valence-electron chi connectivity index (χ2n) is 6.79. The monoisotopic (exact) mass is 425 g/mol. The van der Waals surface area contributed by atoms with Gasteiger partial charge in [-0.25, -0.2) is 4.98 Å². The maximum atomic E-state index is 11.3. The quantitative estimate of drug-likeness (QED) is 0.675. The van der Waals surface area contributed by atoms with Gasteiger partial charge in [-0.1, -0.05) is 0 Å². The lowest BCUT2D eigenvalue weighted by Crippen LogP contribution is -2.50. The number of aryl methyl sites for hydroxylation is 1. The van der Waals surface area contributed by atoms with Crippen LogP contribution in [0.15, 0.2) is 6.20 Å². The van der Waals surface area contributed by atoms with E-state index in [1.54, 1.807) is 11.3 Å². The molecule has 3 rings (SSSR count). The molecule has 6 nitrogen and oxygen atoms in total. The zero-order valence-corrected chi connectivity index (χ0v) is 18.0. The third-order valence-electron chi connectivity index (χ3n) is 4.74. The summed E-state index contributed by atoms with van der Waals surface area (Å²) in [4.78, 5) is 21.9. The Morgan fingerprint density at radius 3 is 2.65 bits per heavy atom. The minimum absolute atomic E-state index is 0. The number of rotatable bonds is 5. The van der Waals surface area contributed by atoms with Gasteiger partial charge in [0.15, 0.2) is 5.13 Å². The van der Waals surface area contributed by atoms with E-state index >= 15 is 0 Å². The molecular weight excluding hydrogens is 397 g/mol. The number of hydrogen-bond acceptors (Lipinski definition) is 7. The van der Waals surface area contributed by atoms with E-state index in [0.29, 0.717) is 31.1 Å². The summed E-state index contributed by atoms with van der Waals surface area (Å²) >= 11 is 1.70. The lowest BCUT2D eigenvalue weighted by atomic mass is 10.1. The van der Waals surface area contributed by atoms with Gasteiger partial charge in [-0.3, -0.25) is 9.69 Å². The molecule has 150 valence electrons. The van der Waals surface area contributed by atoms with E-state index in [4.69, 9.17) is 9.47 Å². The Kier molecular flexibility index (Phi) is 9.61. The van der Waals surface area contributed by atoms with Gasteiger partial charge in [0, 0.05) is 43.3 Å². The van der Waals surface area contributed by atoms with Crippen molar-refractivity contribution >= 4 is 47.3 Å². The van der Waals surface area contributed by atoms with Gasteiger partial charge in [0.2, 0.25) is 0 Å². The molecule has 0 spiro atoms. The number of aromatic nitrogens is 1. The van der Waals surface area contributed by atoms with E-state index < -0.39 is 0 Å². The summed E-state index contributed by atoms with van der Waals surface area (Å²) in [7, 11) is 1.43. The van der Waals surface area contributed by atoms with Gasteiger partial charge in [0.05, 0.1) is 25.7 Å². The van der Waals surface area contributed by atoms with Crippen molar-refractivity contribution in [1.82, 2.24) is 9.88 Å². The minimum Gasteiger partial charge on any atom is -0.469 e. The maximum Gasteiger partial charge on any atom is 0.305 e. The highest BCUT2D eigenvalue weighted by Crippen LogP contribution is 2.29. The average Bonchev–Trinajstić information content (AvgIpc) is 3.20. The maximum absolute atomic E-state index is 11.3. The first-order valence-corrected chi connectivity index (χ1v) is 9.52. The molecule has 0 aliphatic carbocycles. The summed E-state index contributed by atoms with van der Waals surface area (Å²) in [6, 6.07) is 0.584. The van der Waals surface area contributed by atoms with Crippen molar-refractivity contribution in [2.45, 2.75) is 51.4 Å². The highest BCUT2D eigenvalue weighted by molar-refractivity contribution is 7.15. The van der Waals surface area contributed by atoms with Gasteiger partial charge in [-0.2, -0.15) is 0 Å². The Balaban J connectivity index is 0.00000169. The first-order chi connectivity index (χ1) is 11.5. The molecule has 0 unspecified atom stereocenters. The Bertz CT molecular complexity index is 565. The minimum atomic E-state index is -0.165. The zero-order chi connectivity index (χ0) is 17.1. The van der Waals surface area contributed by atoms with Crippen molar-refractivity contribution in [3.8, 4) is 0 Å². The van der Waals surface area contributed by atoms with Crippen LogP contribution in [-0.2, 0) is 20.7 Å². The van der Waals surface area contributed by atoms with Crippen LogP contribution in [0, 0.1) is 0 Å². The summed E-state index contributed by atoms with van der Waals surface area (Å²) in [5.41, 5.74) is 0. The molecule has 9 heteroatoms. The molecule has 2 aliphatic heterocycles. The molecule has 0 amide bonds. The van der Waals surface area contributed by atoms with E-state index in [1.807, 2.05) is 6.20 Å². The number of ether oxygens (including phenoxy) is 2. The second kappa shape index (κ2) is 10.7. The summed E-state index contributed by atoms with van der Waals surface area (Å²) in [5, 5.41) is 1.08. The van der Waals surface area contributed by atoms with E-state index in [2.05, 4.69) is 28.6 Å². The van der Waals surface area contributed by atoms with Gasteiger partial charge >= 0.3 is 5.97 Å². The highest BCUT2D eigenvalue weighted by Gasteiger charge is 2.33. The molecule has 2 fully saturated rings. The molecule has 0 radical (unpaired) electrons. The molecule has 0 bridgehead atoms. The molecule has 3 atom stereocenters. The molecule has 3 heterocycles. The van der Waals surface area contributed by atoms with Crippen molar-refractivity contribution in [3.63, 3.8) is 0 Å². The van der Waals surface area contributed by atoms with Gasteiger partial charge in [0.1, 0.15) is 0 Å². The Hall–Kier alpha value is -0.600.